The van der Waals surface area contributed by atoms with Gasteiger partial charge < -0.3 is 4.74 Å². The van der Waals surface area contributed by atoms with Crippen molar-refractivity contribution < 1.29 is 4.74 Å². The van der Waals surface area contributed by atoms with Gasteiger partial charge in [0.2, 0.25) is 0 Å². The van der Waals surface area contributed by atoms with E-state index in [4.69, 9.17) is 4.74 Å². The smallest absolute Gasteiger partial charge is 0.200 e. The van der Waals surface area contributed by atoms with E-state index in [0.29, 0.717) is 6.10 Å². The van der Waals surface area contributed by atoms with Gasteiger partial charge in [-0.25, -0.2) is 5.43 Å². The molecule has 3 nitrogen and oxygen atoms in total. The maximum absolute atomic E-state index is 6.02. The van der Waals surface area contributed by atoms with E-state index in [2.05, 4.69) is 16.5 Å². The fraction of sp³-hybridized carbons (Fsp3) is 0.833. The zero-order valence-corrected chi connectivity index (χ0v) is 9.24. The van der Waals surface area contributed by atoms with Crippen molar-refractivity contribution in [2.24, 2.45) is 5.92 Å². The van der Waals surface area contributed by atoms with E-state index in [1.54, 1.807) is 0 Å². The molecular formula is C12H20N2O. The van der Waals surface area contributed by atoms with Gasteiger partial charge in [0, 0.05) is 19.5 Å². The molecule has 0 spiro atoms. The summed E-state index contributed by atoms with van der Waals surface area (Å²) in [7, 11) is 0. The number of nitrogens with zero attached hydrogens (tertiary/aromatic N) is 1. The first-order chi connectivity index (χ1) is 7.42. The predicted octanol–water partition coefficient (Wildman–Crippen LogP) is 2.02. The molecule has 84 valence electrons. The quantitative estimate of drug-likeness (QED) is 0.751. The van der Waals surface area contributed by atoms with E-state index in [0.717, 1.165) is 31.3 Å². The highest BCUT2D eigenvalue weighted by Crippen LogP contribution is 2.34. The third-order valence-corrected chi connectivity index (χ3v) is 3.82. The van der Waals surface area contributed by atoms with Crippen molar-refractivity contribution in [3.63, 3.8) is 0 Å². The Hall–Kier alpha value is -0.700. The van der Waals surface area contributed by atoms with Gasteiger partial charge in [0.25, 0.3) is 0 Å². The standard InChI is InChI=1S/C12H20N2O/c1-3-10(4-1)9-11-6-8-14-12(15-11)5-2-7-13-14/h5,10-11,13H,1-4,6-9H2/t11-/m1/s1. The third kappa shape index (κ3) is 1.98. The average molecular weight is 208 g/mol. The summed E-state index contributed by atoms with van der Waals surface area (Å²) >= 11 is 0. The molecular weight excluding hydrogens is 188 g/mol. The second-order valence-corrected chi connectivity index (χ2v) is 4.95. The van der Waals surface area contributed by atoms with Crippen LogP contribution in [0.3, 0.4) is 0 Å². The summed E-state index contributed by atoms with van der Waals surface area (Å²) in [5.41, 5.74) is 3.36. The Morgan fingerprint density at radius 3 is 3.13 bits per heavy atom. The molecule has 3 rings (SSSR count). The van der Waals surface area contributed by atoms with Crippen LogP contribution in [-0.4, -0.2) is 24.2 Å². The first kappa shape index (κ1) is 9.52. The highest BCUT2D eigenvalue weighted by atomic mass is 16.5. The summed E-state index contributed by atoms with van der Waals surface area (Å²) < 4.78 is 6.02. The highest BCUT2D eigenvalue weighted by Gasteiger charge is 2.29. The number of nitrogens with one attached hydrogen (secondary N) is 1. The van der Waals surface area contributed by atoms with E-state index in [-0.39, 0.29) is 0 Å². The maximum atomic E-state index is 6.02. The lowest BCUT2D eigenvalue weighted by Crippen LogP contribution is -2.47. The van der Waals surface area contributed by atoms with Crippen molar-refractivity contribution in [3.05, 3.63) is 12.0 Å². The number of fused-ring (bicyclic) bond motifs is 1. The van der Waals surface area contributed by atoms with Crippen molar-refractivity contribution >= 4 is 0 Å². The van der Waals surface area contributed by atoms with E-state index >= 15 is 0 Å². The van der Waals surface area contributed by atoms with Gasteiger partial charge in [0.05, 0.1) is 0 Å². The van der Waals surface area contributed by atoms with Crippen LogP contribution in [-0.2, 0) is 4.74 Å². The lowest BCUT2D eigenvalue weighted by Gasteiger charge is -2.40. The third-order valence-electron chi connectivity index (χ3n) is 3.82. The molecule has 0 aromatic heterocycles. The van der Waals surface area contributed by atoms with Crippen LogP contribution in [0.5, 0.6) is 0 Å². The molecule has 1 atom stereocenters. The fourth-order valence-electron chi connectivity index (χ4n) is 2.65. The maximum Gasteiger partial charge on any atom is 0.200 e. The fourth-order valence-corrected chi connectivity index (χ4v) is 2.65. The molecule has 0 amide bonds. The minimum atomic E-state index is 0.484. The van der Waals surface area contributed by atoms with Gasteiger partial charge in [-0.15, -0.1) is 0 Å². The molecule has 15 heavy (non-hydrogen) atoms. The van der Waals surface area contributed by atoms with Crippen molar-refractivity contribution in [2.45, 2.75) is 44.6 Å². The predicted molar refractivity (Wildman–Crippen MR) is 58.9 cm³/mol. The first-order valence-corrected chi connectivity index (χ1v) is 6.29. The minimum Gasteiger partial charge on any atom is -0.475 e. The lowest BCUT2D eigenvalue weighted by atomic mass is 9.81. The second kappa shape index (κ2) is 4.05. The highest BCUT2D eigenvalue weighted by molar-refractivity contribution is 4.99. The topological polar surface area (TPSA) is 24.5 Å². The van der Waals surface area contributed by atoms with Gasteiger partial charge in [0.1, 0.15) is 6.10 Å². The van der Waals surface area contributed by atoms with Crippen LogP contribution in [0.1, 0.15) is 38.5 Å². The Balaban J connectivity index is 1.56. The molecule has 0 aromatic carbocycles. The average Bonchev–Trinajstić information content (AvgIpc) is 2.23. The number of rotatable bonds is 2. The van der Waals surface area contributed by atoms with Gasteiger partial charge in [-0.2, -0.15) is 0 Å². The molecule has 0 bridgehead atoms. The Morgan fingerprint density at radius 1 is 1.40 bits per heavy atom. The van der Waals surface area contributed by atoms with E-state index < -0.39 is 0 Å². The van der Waals surface area contributed by atoms with Gasteiger partial charge in [-0.3, -0.25) is 5.01 Å². The molecule has 0 aromatic rings. The van der Waals surface area contributed by atoms with Gasteiger partial charge in [-0.1, -0.05) is 19.3 Å². The van der Waals surface area contributed by atoms with Gasteiger partial charge in [0.15, 0.2) is 5.88 Å². The molecule has 1 saturated carbocycles. The van der Waals surface area contributed by atoms with Crippen molar-refractivity contribution in [3.8, 4) is 0 Å². The van der Waals surface area contributed by atoms with E-state index in [1.165, 1.54) is 32.1 Å². The summed E-state index contributed by atoms with van der Waals surface area (Å²) in [5.74, 6) is 2.04. The molecule has 0 unspecified atom stereocenters. The Bertz CT molecular complexity index is 260. The molecule has 1 aliphatic carbocycles. The Morgan fingerprint density at radius 2 is 2.33 bits per heavy atom. The van der Waals surface area contributed by atoms with Crippen LogP contribution in [0.2, 0.25) is 0 Å². The number of hydrogen-bond acceptors (Lipinski definition) is 3. The van der Waals surface area contributed by atoms with Crippen LogP contribution < -0.4 is 5.43 Å². The van der Waals surface area contributed by atoms with Crippen molar-refractivity contribution in [1.82, 2.24) is 10.4 Å². The molecule has 3 aliphatic rings. The summed E-state index contributed by atoms with van der Waals surface area (Å²) in [5, 5.41) is 2.17. The molecule has 2 heterocycles. The zero-order valence-electron chi connectivity index (χ0n) is 9.24. The van der Waals surface area contributed by atoms with Crippen LogP contribution in [0, 0.1) is 5.92 Å². The summed E-state index contributed by atoms with van der Waals surface area (Å²) in [6.45, 7) is 2.17. The summed E-state index contributed by atoms with van der Waals surface area (Å²) in [6, 6.07) is 0. The largest absolute Gasteiger partial charge is 0.475 e. The first-order valence-electron chi connectivity index (χ1n) is 6.29. The van der Waals surface area contributed by atoms with Crippen LogP contribution >= 0.6 is 0 Å². The van der Waals surface area contributed by atoms with Crippen LogP contribution in [0.4, 0.5) is 0 Å². The number of hydrazine groups is 1. The Kier molecular flexibility index (Phi) is 2.57. The van der Waals surface area contributed by atoms with Gasteiger partial charge >= 0.3 is 0 Å². The molecule has 0 radical (unpaired) electrons. The van der Waals surface area contributed by atoms with Crippen LogP contribution in [0.15, 0.2) is 12.0 Å². The van der Waals surface area contributed by atoms with Gasteiger partial charge in [-0.05, 0) is 24.8 Å². The molecule has 1 saturated heterocycles. The number of hydrogen-bond donors (Lipinski definition) is 1. The van der Waals surface area contributed by atoms with E-state index in [9.17, 15) is 0 Å². The molecule has 2 aliphatic heterocycles. The van der Waals surface area contributed by atoms with Crippen LogP contribution in [0.25, 0.3) is 0 Å². The normalized spacial score (nSPS) is 31.3. The monoisotopic (exact) mass is 208 g/mol. The number of ether oxygens (including phenoxy) is 1. The van der Waals surface area contributed by atoms with Crippen molar-refractivity contribution in [2.75, 3.05) is 13.1 Å². The lowest BCUT2D eigenvalue weighted by molar-refractivity contribution is -0.0414. The zero-order chi connectivity index (χ0) is 10.1. The minimum absolute atomic E-state index is 0.484. The molecule has 2 fully saturated rings. The van der Waals surface area contributed by atoms with Crippen molar-refractivity contribution in [1.29, 1.82) is 0 Å². The van der Waals surface area contributed by atoms with E-state index in [1.807, 2.05) is 0 Å². The summed E-state index contributed by atoms with van der Waals surface area (Å²) in [4.78, 5) is 0. The SMILES string of the molecule is C1=C2O[C@@H](CC3CCC3)CCN2NCC1. The Labute approximate surface area is 91.4 Å². The second-order valence-electron chi connectivity index (χ2n) is 4.95. The summed E-state index contributed by atoms with van der Waals surface area (Å²) in [6.07, 6.45) is 10.6. The molecule has 1 N–H and O–H groups in total. The molecule has 3 heteroatoms.